The van der Waals surface area contributed by atoms with Crippen LogP contribution in [0.1, 0.15) is 18.1 Å². The fraction of sp³-hybridized carbons (Fsp3) is 0.167. The van der Waals surface area contributed by atoms with Crippen molar-refractivity contribution in [1.82, 2.24) is 0 Å². The fourth-order valence-electron chi connectivity index (χ4n) is 2.75. The number of anilines is 1. The minimum Gasteiger partial charge on any atom is -0.490 e. The first-order valence-corrected chi connectivity index (χ1v) is 10.2. The number of halogens is 2. The average molecular weight is 457 g/mol. The molecule has 5 nitrogen and oxygen atoms in total. The molecule has 0 aromatic heterocycles. The molecule has 31 heavy (non-hydrogen) atoms. The number of hydrogen-bond donors (Lipinski definition) is 1. The fourth-order valence-corrected chi connectivity index (χ4v) is 3.10. The molecular formula is C24H22Cl2N2O3. The molecule has 7 heteroatoms. The number of nitrogens with zero attached hydrogens (tertiary/aromatic N) is 1. The number of benzene rings is 2. The predicted molar refractivity (Wildman–Crippen MR) is 126 cm³/mol. The summed E-state index contributed by atoms with van der Waals surface area (Å²) >= 11 is 12.1. The summed E-state index contributed by atoms with van der Waals surface area (Å²) in [7, 11) is 0. The number of hydrogen-bond acceptors (Lipinski definition) is 4. The molecule has 160 valence electrons. The maximum absolute atomic E-state index is 12.7. The van der Waals surface area contributed by atoms with Gasteiger partial charge in [0.2, 0.25) is 0 Å². The number of carbonyl (C=O) groups is 1. The van der Waals surface area contributed by atoms with E-state index in [4.69, 9.17) is 32.7 Å². The lowest BCUT2D eigenvalue weighted by molar-refractivity contribution is -0.112. The Morgan fingerprint density at radius 2 is 2.00 bits per heavy atom. The van der Waals surface area contributed by atoms with E-state index in [1.807, 2.05) is 19.1 Å². The quantitative estimate of drug-likeness (QED) is 0.261. The third-order valence-corrected chi connectivity index (χ3v) is 4.86. The second kappa shape index (κ2) is 11.8. The van der Waals surface area contributed by atoms with Crippen LogP contribution in [0, 0.1) is 11.3 Å². The number of nitrogens with one attached hydrogen (secondary N) is 1. The smallest absolute Gasteiger partial charge is 0.266 e. The largest absolute Gasteiger partial charge is 0.490 e. The molecule has 2 rings (SSSR count). The molecule has 2 aromatic rings. The van der Waals surface area contributed by atoms with Crippen LogP contribution >= 0.6 is 23.2 Å². The van der Waals surface area contributed by atoms with E-state index in [1.54, 1.807) is 36.4 Å². The number of rotatable bonds is 10. The molecule has 0 saturated heterocycles. The SMILES string of the molecule is C=CCOc1c(CC=C)cc(/C=C(/C#N)C(=O)Nc2cccc(Cl)c2Cl)cc1OCC. The highest BCUT2D eigenvalue weighted by Gasteiger charge is 2.16. The van der Waals surface area contributed by atoms with Gasteiger partial charge in [0.05, 0.1) is 22.3 Å². The van der Waals surface area contributed by atoms with Crippen LogP contribution in [-0.4, -0.2) is 19.1 Å². The molecule has 1 N–H and O–H groups in total. The Bertz CT molecular complexity index is 1060. The van der Waals surface area contributed by atoms with Gasteiger partial charge < -0.3 is 14.8 Å². The van der Waals surface area contributed by atoms with Crippen LogP contribution in [0.3, 0.4) is 0 Å². The summed E-state index contributed by atoms with van der Waals surface area (Å²) in [5.41, 5.74) is 1.62. The molecule has 0 heterocycles. The van der Waals surface area contributed by atoms with Crippen molar-refractivity contribution in [1.29, 1.82) is 5.26 Å². The second-order valence-corrected chi connectivity index (χ2v) is 7.04. The predicted octanol–water partition coefficient (Wildman–Crippen LogP) is 6.23. The third-order valence-electron chi connectivity index (χ3n) is 4.04. The van der Waals surface area contributed by atoms with Crippen molar-refractivity contribution in [3.05, 3.63) is 82.4 Å². The maximum Gasteiger partial charge on any atom is 0.266 e. The van der Waals surface area contributed by atoms with Crippen LogP contribution in [0.4, 0.5) is 5.69 Å². The van der Waals surface area contributed by atoms with E-state index in [1.165, 1.54) is 6.08 Å². The normalized spacial score (nSPS) is 10.7. The first kappa shape index (κ1) is 24.1. The van der Waals surface area contributed by atoms with Gasteiger partial charge in [-0.25, -0.2) is 0 Å². The van der Waals surface area contributed by atoms with Crippen LogP contribution in [0.5, 0.6) is 11.5 Å². The van der Waals surface area contributed by atoms with Crippen molar-refractivity contribution in [2.45, 2.75) is 13.3 Å². The van der Waals surface area contributed by atoms with Crippen molar-refractivity contribution in [2.75, 3.05) is 18.5 Å². The first-order valence-electron chi connectivity index (χ1n) is 9.46. The molecule has 0 bridgehead atoms. The number of amides is 1. The number of allylic oxidation sites excluding steroid dienone is 1. The zero-order valence-corrected chi connectivity index (χ0v) is 18.6. The van der Waals surface area contributed by atoms with Gasteiger partial charge in [-0.15, -0.1) is 6.58 Å². The van der Waals surface area contributed by atoms with Crippen molar-refractivity contribution < 1.29 is 14.3 Å². The molecule has 2 aromatic carbocycles. The summed E-state index contributed by atoms with van der Waals surface area (Å²) in [6.07, 6.45) is 5.36. The van der Waals surface area contributed by atoms with Crippen LogP contribution in [0.2, 0.25) is 10.0 Å². The molecule has 0 aliphatic heterocycles. The maximum atomic E-state index is 12.7. The lowest BCUT2D eigenvalue weighted by atomic mass is 10.0. The number of nitriles is 1. The molecule has 0 spiro atoms. The molecule has 0 radical (unpaired) electrons. The van der Waals surface area contributed by atoms with Crippen molar-refractivity contribution in [2.24, 2.45) is 0 Å². The van der Waals surface area contributed by atoms with Gasteiger partial charge >= 0.3 is 0 Å². The Labute approximate surface area is 192 Å². The molecular weight excluding hydrogens is 435 g/mol. The summed E-state index contributed by atoms with van der Waals surface area (Å²) in [6, 6.07) is 10.3. The highest BCUT2D eigenvalue weighted by Crippen LogP contribution is 2.35. The van der Waals surface area contributed by atoms with Gasteiger partial charge in [0.25, 0.3) is 5.91 Å². The topological polar surface area (TPSA) is 71.3 Å². The summed E-state index contributed by atoms with van der Waals surface area (Å²) in [5, 5.41) is 12.7. The van der Waals surface area contributed by atoms with E-state index in [2.05, 4.69) is 18.5 Å². The van der Waals surface area contributed by atoms with Gasteiger partial charge in [0.1, 0.15) is 18.2 Å². The minimum atomic E-state index is -0.609. The van der Waals surface area contributed by atoms with E-state index in [0.717, 1.165) is 5.56 Å². The van der Waals surface area contributed by atoms with E-state index < -0.39 is 5.91 Å². The molecule has 0 atom stereocenters. The molecule has 0 aliphatic rings. The number of ether oxygens (including phenoxy) is 2. The highest BCUT2D eigenvalue weighted by molar-refractivity contribution is 6.44. The molecule has 0 unspecified atom stereocenters. The average Bonchev–Trinajstić information content (AvgIpc) is 2.75. The van der Waals surface area contributed by atoms with E-state index >= 15 is 0 Å². The first-order chi connectivity index (χ1) is 14.9. The molecule has 1 amide bonds. The summed E-state index contributed by atoms with van der Waals surface area (Å²) in [6.45, 7) is 10.0. The molecule has 0 aliphatic carbocycles. The van der Waals surface area contributed by atoms with E-state index in [-0.39, 0.29) is 10.6 Å². The van der Waals surface area contributed by atoms with Crippen LogP contribution in [0.15, 0.2) is 61.2 Å². The van der Waals surface area contributed by atoms with Gasteiger partial charge in [-0.3, -0.25) is 4.79 Å². The standard InChI is InChI=1S/C24H22Cl2N2O3/c1-4-8-17-12-16(14-21(30-6-3)23(17)31-11-5-2)13-18(15-27)24(29)28-20-10-7-9-19(25)22(20)26/h4-5,7,9-10,12-14H,1-2,6,8,11H2,3H3,(H,28,29)/b18-13-. The van der Waals surface area contributed by atoms with Crippen molar-refractivity contribution in [3.63, 3.8) is 0 Å². The Morgan fingerprint density at radius 1 is 1.23 bits per heavy atom. The van der Waals surface area contributed by atoms with Gasteiger partial charge in [-0.1, -0.05) is 48.0 Å². The highest BCUT2D eigenvalue weighted by atomic mass is 35.5. The summed E-state index contributed by atoms with van der Waals surface area (Å²) in [5.74, 6) is 0.472. The van der Waals surface area contributed by atoms with Crippen molar-refractivity contribution in [3.8, 4) is 17.6 Å². The Balaban J connectivity index is 2.45. The second-order valence-electron chi connectivity index (χ2n) is 6.26. The third kappa shape index (κ3) is 6.39. The van der Waals surface area contributed by atoms with E-state index in [0.29, 0.717) is 47.4 Å². The Hall–Kier alpha value is -3.20. The van der Waals surface area contributed by atoms with Gasteiger partial charge in [0.15, 0.2) is 11.5 Å². The number of carbonyl (C=O) groups excluding carboxylic acids is 1. The monoisotopic (exact) mass is 456 g/mol. The minimum absolute atomic E-state index is 0.109. The van der Waals surface area contributed by atoms with Crippen LogP contribution < -0.4 is 14.8 Å². The van der Waals surface area contributed by atoms with Gasteiger partial charge in [0, 0.05) is 5.56 Å². The summed E-state index contributed by atoms with van der Waals surface area (Å²) < 4.78 is 11.5. The van der Waals surface area contributed by atoms with Crippen LogP contribution in [-0.2, 0) is 11.2 Å². The molecule has 0 saturated carbocycles. The van der Waals surface area contributed by atoms with Crippen LogP contribution in [0.25, 0.3) is 6.08 Å². The van der Waals surface area contributed by atoms with Gasteiger partial charge in [-0.05, 0) is 49.2 Å². The Morgan fingerprint density at radius 3 is 2.65 bits per heavy atom. The lowest BCUT2D eigenvalue weighted by Crippen LogP contribution is -2.13. The molecule has 0 fully saturated rings. The zero-order valence-electron chi connectivity index (χ0n) is 17.1. The lowest BCUT2D eigenvalue weighted by Gasteiger charge is -2.16. The van der Waals surface area contributed by atoms with E-state index in [9.17, 15) is 10.1 Å². The Kier molecular flexibility index (Phi) is 9.20. The zero-order chi connectivity index (χ0) is 22.8. The van der Waals surface area contributed by atoms with Crippen molar-refractivity contribution >= 4 is 40.9 Å². The summed E-state index contributed by atoms with van der Waals surface area (Å²) in [4.78, 5) is 12.7. The van der Waals surface area contributed by atoms with Gasteiger partial charge in [-0.2, -0.15) is 5.26 Å².